The lowest BCUT2D eigenvalue weighted by Crippen LogP contribution is -2.36. The number of hydrogen-bond donors (Lipinski definition) is 1. The van der Waals surface area contributed by atoms with Crippen molar-refractivity contribution in [3.05, 3.63) is 23.8 Å². The second-order valence-electron chi connectivity index (χ2n) is 6.96. The Labute approximate surface area is 139 Å². The summed E-state index contributed by atoms with van der Waals surface area (Å²) in [5.41, 5.74) is 1.13. The summed E-state index contributed by atoms with van der Waals surface area (Å²) in [6.07, 6.45) is 11.7. The number of likely N-dealkylation sites (tertiary alicyclic amines) is 1. The zero-order valence-electron chi connectivity index (χ0n) is 14.0. The molecule has 1 N–H and O–H groups in total. The molecule has 3 atom stereocenters. The second-order valence-corrected chi connectivity index (χ2v) is 9.00. The number of hydrogen-bond acceptors (Lipinski definition) is 4. The molecule has 1 aliphatic carbocycles. The summed E-state index contributed by atoms with van der Waals surface area (Å²) in [5.74, 6) is 1.78. The number of allylic oxidation sites excluding steroid dienone is 2. The van der Waals surface area contributed by atoms with Gasteiger partial charge in [-0.3, -0.25) is 4.99 Å². The molecule has 2 aliphatic heterocycles. The van der Waals surface area contributed by atoms with E-state index in [9.17, 15) is 8.42 Å². The van der Waals surface area contributed by atoms with Crippen LogP contribution in [0.4, 0.5) is 0 Å². The predicted molar refractivity (Wildman–Crippen MR) is 94.2 cm³/mol. The number of nitrogens with one attached hydrogen (secondary N) is 1. The molecule has 128 valence electrons. The minimum Gasteiger partial charge on any atom is -0.306 e. The SMILES string of the molecule is CNS(=O)(=O)CCC1=CC2C(C=C1)N=CC2C1CCN(C)CC1. The summed E-state index contributed by atoms with van der Waals surface area (Å²) in [7, 11) is 0.513. The fraction of sp³-hybridized carbons (Fsp3) is 0.706. The molecule has 3 rings (SSSR count). The molecule has 5 nitrogen and oxygen atoms in total. The zero-order valence-corrected chi connectivity index (χ0v) is 14.8. The Morgan fingerprint density at radius 3 is 2.74 bits per heavy atom. The molecule has 0 radical (unpaired) electrons. The molecular weight excluding hydrogens is 310 g/mol. The van der Waals surface area contributed by atoms with E-state index in [2.05, 4.69) is 41.1 Å². The van der Waals surface area contributed by atoms with Gasteiger partial charge in [-0.15, -0.1) is 0 Å². The van der Waals surface area contributed by atoms with Gasteiger partial charge in [0, 0.05) is 18.1 Å². The van der Waals surface area contributed by atoms with Crippen molar-refractivity contribution in [2.75, 3.05) is 32.9 Å². The van der Waals surface area contributed by atoms with Gasteiger partial charge in [-0.2, -0.15) is 0 Å². The van der Waals surface area contributed by atoms with Gasteiger partial charge in [0.15, 0.2) is 0 Å². The van der Waals surface area contributed by atoms with Crippen LogP contribution in [0.2, 0.25) is 0 Å². The van der Waals surface area contributed by atoms with E-state index < -0.39 is 10.0 Å². The van der Waals surface area contributed by atoms with Gasteiger partial charge < -0.3 is 4.90 Å². The third-order valence-electron chi connectivity index (χ3n) is 5.46. The van der Waals surface area contributed by atoms with Crippen LogP contribution in [0.1, 0.15) is 19.3 Å². The van der Waals surface area contributed by atoms with Gasteiger partial charge in [0.25, 0.3) is 0 Å². The van der Waals surface area contributed by atoms with Crippen molar-refractivity contribution in [3.63, 3.8) is 0 Å². The van der Waals surface area contributed by atoms with Gasteiger partial charge in [0.05, 0.1) is 11.8 Å². The van der Waals surface area contributed by atoms with Crippen molar-refractivity contribution in [1.29, 1.82) is 0 Å². The highest BCUT2D eigenvalue weighted by atomic mass is 32.2. The van der Waals surface area contributed by atoms with Gasteiger partial charge in [-0.25, -0.2) is 13.1 Å². The van der Waals surface area contributed by atoms with Crippen molar-refractivity contribution in [2.45, 2.75) is 25.3 Å². The van der Waals surface area contributed by atoms with Crippen molar-refractivity contribution in [1.82, 2.24) is 9.62 Å². The van der Waals surface area contributed by atoms with Crippen LogP contribution in [0.25, 0.3) is 0 Å². The quantitative estimate of drug-likeness (QED) is 0.826. The average Bonchev–Trinajstić information content (AvgIpc) is 2.97. The molecule has 1 fully saturated rings. The number of sulfonamides is 1. The molecule has 0 bridgehead atoms. The Kier molecular flexibility index (Phi) is 5.04. The van der Waals surface area contributed by atoms with Crippen LogP contribution in [0, 0.1) is 17.8 Å². The van der Waals surface area contributed by atoms with Gasteiger partial charge in [-0.1, -0.05) is 23.8 Å². The predicted octanol–water partition coefficient (Wildman–Crippen LogP) is 1.45. The van der Waals surface area contributed by atoms with Crippen LogP contribution in [-0.4, -0.2) is 58.5 Å². The number of piperidine rings is 1. The van der Waals surface area contributed by atoms with Crippen molar-refractivity contribution >= 4 is 16.2 Å². The first-order valence-electron chi connectivity index (χ1n) is 8.50. The van der Waals surface area contributed by atoms with Crippen LogP contribution in [0.3, 0.4) is 0 Å². The number of nitrogens with zero attached hydrogens (tertiary/aromatic N) is 2. The molecule has 0 saturated carbocycles. The Morgan fingerprint density at radius 1 is 1.30 bits per heavy atom. The molecule has 0 aromatic rings. The second kappa shape index (κ2) is 6.87. The van der Waals surface area contributed by atoms with E-state index in [1.54, 1.807) is 0 Å². The molecule has 0 amide bonds. The van der Waals surface area contributed by atoms with E-state index in [4.69, 9.17) is 4.99 Å². The Morgan fingerprint density at radius 2 is 2.04 bits per heavy atom. The maximum absolute atomic E-state index is 11.6. The minimum absolute atomic E-state index is 0.150. The van der Waals surface area contributed by atoms with Gasteiger partial charge in [0.1, 0.15) is 0 Å². The van der Waals surface area contributed by atoms with Crippen LogP contribution in [0.5, 0.6) is 0 Å². The summed E-state index contributed by atoms with van der Waals surface area (Å²) >= 11 is 0. The highest BCUT2D eigenvalue weighted by Gasteiger charge is 2.37. The Hall–Kier alpha value is -0.980. The fourth-order valence-electron chi connectivity index (χ4n) is 3.91. The highest BCUT2D eigenvalue weighted by Crippen LogP contribution is 2.39. The standard InChI is InChI=1S/C17H27N3O2S/c1-18-23(21,22)10-7-13-3-4-17-15(11-13)16(12-19-17)14-5-8-20(2)9-6-14/h3-4,11-12,14-18H,5-10H2,1-2H3. The third-order valence-corrected chi connectivity index (χ3v) is 6.82. The van der Waals surface area contributed by atoms with Crippen molar-refractivity contribution < 1.29 is 8.42 Å². The smallest absolute Gasteiger partial charge is 0.211 e. The molecule has 3 aliphatic rings. The number of aliphatic imine (C=N–C) groups is 1. The Balaban J connectivity index is 1.66. The van der Waals surface area contributed by atoms with Crippen LogP contribution in [0.15, 0.2) is 28.8 Å². The van der Waals surface area contributed by atoms with E-state index in [-0.39, 0.29) is 11.8 Å². The molecule has 1 saturated heterocycles. The largest absolute Gasteiger partial charge is 0.306 e. The van der Waals surface area contributed by atoms with Gasteiger partial charge >= 0.3 is 0 Å². The topological polar surface area (TPSA) is 61.8 Å². The first-order valence-corrected chi connectivity index (χ1v) is 10.2. The van der Waals surface area contributed by atoms with E-state index in [0.717, 1.165) is 5.57 Å². The van der Waals surface area contributed by atoms with Crippen LogP contribution < -0.4 is 4.72 Å². The van der Waals surface area contributed by atoms with Crippen molar-refractivity contribution in [2.24, 2.45) is 22.7 Å². The highest BCUT2D eigenvalue weighted by molar-refractivity contribution is 7.89. The van der Waals surface area contributed by atoms with Gasteiger partial charge in [-0.05, 0) is 52.4 Å². The summed E-state index contributed by atoms with van der Waals surface area (Å²) in [6, 6.07) is 0.254. The molecule has 3 unspecified atom stereocenters. The third kappa shape index (κ3) is 3.92. The summed E-state index contributed by atoms with van der Waals surface area (Å²) in [4.78, 5) is 7.09. The summed E-state index contributed by atoms with van der Waals surface area (Å²) in [5, 5.41) is 0. The van der Waals surface area contributed by atoms with E-state index >= 15 is 0 Å². The lowest BCUT2D eigenvalue weighted by molar-refractivity contribution is 0.181. The lowest BCUT2D eigenvalue weighted by atomic mass is 9.74. The maximum Gasteiger partial charge on any atom is 0.211 e. The molecule has 0 spiro atoms. The maximum atomic E-state index is 11.6. The van der Waals surface area contributed by atoms with E-state index in [1.165, 1.54) is 33.0 Å². The van der Waals surface area contributed by atoms with E-state index in [1.807, 2.05) is 0 Å². The number of rotatable bonds is 5. The van der Waals surface area contributed by atoms with Gasteiger partial charge in [0.2, 0.25) is 10.0 Å². The first kappa shape index (κ1) is 16.9. The van der Waals surface area contributed by atoms with E-state index in [0.29, 0.717) is 24.2 Å². The minimum atomic E-state index is -3.14. The molecule has 23 heavy (non-hydrogen) atoms. The molecular formula is C17H27N3O2S. The average molecular weight is 337 g/mol. The van der Waals surface area contributed by atoms with Crippen LogP contribution >= 0.6 is 0 Å². The summed E-state index contributed by atoms with van der Waals surface area (Å²) < 4.78 is 25.6. The van der Waals surface area contributed by atoms with Crippen LogP contribution in [-0.2, 0) is 10.0 Å². The van der Waals surface area contributed by atoms with Crippen molar-refractivity contribution in [3.8, 4) is 0 Å². The Bertz CT molecular complexity index is 616. The first-order chi connectivity index (χ1) is 11.0. The molecule has 2 heterocycles. The molecule has 0 aromatic carbocycles. The summed E-state index contributed by atoms with van der Waals surface area (Å²) in [6.45, 7) is 2.33. The molecule has 0 aromatic heterocycles. The molecule has 6 heteroatoms. The zero-order chi connectivity index (χ0) is 16.4. The lowest BCUT2D eigenvalue weighted by Gasteiger charge is -2.35. The fourth-order valence-corrected chi connectivity index (χ4v) is 4.62. The number of fused-ring (bicyclic) bond motifs is 1. The monoisotopic (exact) mass is 337 g/mol. The normalized spacial score (nSPS) is 32.1.